The minimum atomic E-state index is -3.64. The van der Waals surface area contributed by atoms with Crippen molar-refractivity contribution in [2.24, 2.45) is 0 Å². The number of amides is 1. The van der Waals surface area contributed by atoms with Crippen LogP contribution in [0.4, 0.5) is 4.39 Å². The summed E-state index contributed by atoms with van der Waals surface area (Å²) in [6, 6.07) is 4.74. The topological polar surface area (TPSA) is 57.7 Å². The molecule has 5 nitrogen and oxygen atoms in total. The molecule has 1 aromatic carbocycles. The standard InChI is InChI=1S/C15H21FN2O3S2/c1-17(23(20,21)14-6-4-13(16)5-7-14)8-2-3-15(19)18-9-11-22-12-10-18/h4-7H,2-3,8-12H2,1H3. The van der Waals surface area contributed by atoms with Crippen molar-refractivity contribution in [3.8, 4) is 0 Å². The van der Waals surface area contributed by atoms with E-state index in [1.165, 1.54) is 23.5 Å². The number of hydrogen-bond donors (Lipinski definition) is 0. The van der Waals surface area contributed by atoms with E-state index >= 15 is 0 Å². The maximum Gasteiger partial charge on any atom is 0.242 e. The molecule has 1 saturated heterocycles. The SMILES string of the molecule is CN(CCCC(=O)N1CCSCC1)S(=O)(=O)c1ccc(F)cc1. The zero-order chi connectivity index (χ0) is 16.9. The Hall–Kier alpha value is -1.12. The van der Waals surface area contributed by atoms with Gasteiger partial charge in [-0.05, 0) is 30.7 Å². The van der Waals surface area contributed by atoms with Gasteiger partial charge in [-0.1, -0.05) is 0 Å². The highest BCUT2D eigenvalue weighted by atomic mass is 32.2. The number of carbonyl (C=O) groups is 1. The summed E-state index contributed by atoms with van der Waals surface area (Å²) in [5.41, 5.74) is 0. The van der Waals surface area contributed by atoms with Gasteiger partial charge in [-0.15, -0.1) is 0 Å². The van der Waals surface area contributed by atoms with Crippen molar-refractivity contribution in [1.29, 1.82) is 0 Å². The number of nitrogens with zero attached hydrogens (tertiary/aromatic N) is 2. The van der Waals surface area contributed by atoms with Crippen molar-refractivity contribution in [2.45, 2.75) is 17.7 Å². The fraction of sp³-hybridized carbons (Fsp3) is 0.533. The first-order valence-corrected chi connectivity index (χ1v) is 10.1. The van der Waals surface area contributed by atoms with Crippen molar-refractivity contribution in [2.75, 3.05) is 38.2 Å². The summed E-state index contributed by atoms with van der Waals surface area (Å²) in [4.78, 5) is 13.9. The Morgan fingerprint density at radius 1 is 1.26 bits per heavy atom. The van der Waals surface area contributed by atoms with Gasteiger partial charge >= 0.3 is 0 Å². The monoisotopic (exact) mass is 360 g/mol. The lowest BCUT2D eigenvalue weighted by Gasteiger charge is -2.26. The van der Waals surface area contributed by atoms with Crippen LogP contribution in [0.3, 0.4) is 0 Å². The van der Waals surface area contributed by atoms with E-state index in [2.05, 4.69) is 0 Å². The van der Waals surface area contributed by atoms with E-state index in [0.717, 1.165) is 36.7 Å². The van der Waals surface area contributed by atoms with Crippen LogP contribution in [0.5, 0.6) is 0 Å². The molecule has 0 N–H and O–H groups in total. The number of hydrogen-bond acceptors (Lipinski definition) is 4. The fourth-order valence-corrected chi connectivity index (χ4v) is 4.44. The van der Waals surface area contributed by atoms with E-state index in [1.54, 1.807) is 0 Å². The highest BCUT2D eigenvalue weighted by Gasteiger charge is 2.21. The van der Waals surface area contributed by atoms with Gasteiger partial charge in [0, 0.05) is 44.6 Å². The lowest BCUT2D eigenvalue weighted by Crippen LogP contribution is -2.38. The highest BCUT2D eigenvalue weighted by molar-refractivity contribution is 7.99. The number of sulfonamides is 1. The van der Waals surface area contributed by atoms with E-state index in [1.807, 2.05) is 16.7 Å². The molecule has 0 saturated carbocycles. The first-order valence-electron chi connectivity index (χ1n) is 7.48. The molecule has 1 aromatic rings. The number of carbonyl (C=O) groups excluding carboxylic acids is 1. The number of halogens is 1. The first-order chi connectivity index (χ1) is 10.9. The third-order valence-corrected chi connectivity index (χ3v) is 6.56. The summed E-state index contributed by atoms with van der Waals surface area (Å²) < 4.78 is 38.8. The van der Waals surface area contributed by atoms with Crippen LogP contribution in [0.25, 0.3) is 0 Å². The van der Waals surface area contributed by atoms with Crippen molar-refractivity contribution in [1.82, 2.24) is 9.21 Å². The van der Waals surface area contributed by atoms with Gasteiger partial charge in [0.15, 0.2) is 0 Å². The summed E-state index contributed by atoms with van der Waals surface area (Å²) in [5, 5.41) is 0. The Morgan fingerprint density at radius 2 is 1.87 bits per heavy atom. The molecule has 1 amide bonds. The number of thioether (sulfide) groups is 1. The van der Waals surface area contributed by atoms with Crippen LogP contribution in [-0.4, -0.2) is 61.7 Å². The van der Waals surface area contributed by atoms with Crippen LogP contribution in [0.1, 0.15) is 12.8 Å². The molecule has 1 heterocycles. The maximum absolute atomic E-state index is 12.9. The van der Waals surface area contributed by atoms with Gasteiger partial charge in [0.05, 0.1) is 4.90 Å². The van der Waals surface area contributed by atoms with Crippen molar-refractivity contribution < 1.29 is 17.6 Å². The van der Waals surface area contributed by atoms with Crippen molar-refractivity contribution >= 4 is 27.7 Å². The number of rotatable bonds is 6. The second kappa shape index (κ2) is 8.12. The smallest absolute Gasteiger partial charge is 0.242 e. The third-order valence-electron chi connectivity index (χ3n) is 3.75. The highest BCUT2D eigenvalue weighted by Crippen LogP contribution is 2.16. The number of benzene rings is 1. The third kappa shape index (κ3) is 4.92. The van der Waals surface area contributed by atoms with Crippen LogP contribution in [0.15, 0.2) is 29.2 Å². The molecule has 0 unspecified atom stereocenters. The molecule has 128 valence electrons. The van der Waals surface area contributed by atoms with Crippen LogP contribution in [0.2, 0.25) is 0 Å². The predicted octanol–water partition coefficient (Wildman–Crippen LogP) is 1.80. The summed E-state index contributed by atoms with van der Waals surface area (Å²) >= 11 is 1.84. The summed E-state index contributed by atoms with van der Waals surface area (Å²) in [7, 11) is -2.17. The van der Waals surface area contributed by atoms with Gasteiger partial charge in [0.1, 0.15) is 5.82 Å². The van der Waals surface area contributed by atoms with Gasteiger partial charge in [0.2, 0.25) is 15.9 Å². The van der Waals surface area contributed by atoms with E-state index in [9.17, 15) is 17.6 Å². The summed E-state index contributed by atoms with van der Waals surface area (Å²) in [6.45, 7) is 1.80. The second-order valence-corrected chi connectivity index (χ2v) is 8.65. The van der Waals surface area contributed by atoms with Crippen molar-refractivity contribution in [3.63, 3.8) is 0 Å². The van der Waals surface area contributed by atoms with Gasteiger partial charge < -0.3 is 4.90 Å². The molecule has 23 heavy (non-hydrogen) atoms. The van der Waals surface area contributed by atoms with Crippen LogP contribution in [-0.2, 0) is 14.8 Å². The Labute approximate surface area is 140 Å². The predicted molar refractivity (Wildman–Crippen MR) is 89.4 cm³/mol. The lowest BCUT2D eigenvalue weighted by molar-refractivity contribution is -0.130. The molecule has 0 aromatic heterocycles. The first kappa shape index (κ1) is 18.2. The molecule has 0 aliphatic carbocycles. The Balaban J connectivity index is 1.85. The average molecular weight is 360 g/mol. The summed E-state index contributed by atoms with van der Waals surface area (Å²) in [6.07, 6.45) is 0.813. The molecule has 0 radical (unpaired) electrons. The van der Waals surface area contributed by atoms with Crippen molar-refractivity contribution in [3.05, 3.63) is 30.1 Å². The molecular weight excluding hydrogens is 339 g/mol. The minimum absolute atomic E-state index is 0.0563. The molecular formula is C15H21FN2O3S2. The Morgan fingerprint density at radius 3 is 2.48 bits per heavy atom. The van der Waals surface area contributed by atoms with Crippen LogP contribution in [0, 0.1) is 5.82 Å². The van der Waals surface area contributed by atoms with Crippen LogP contribution < -0.4 is 0 Å². The minimum Gasteiger partial charge on any atom is -0.341 e. The molecule has 2 rings (SSSR count). The van der Waals surface area contributed by atoms with Gasteiger partial charge in [-0.3, -0.25) is 4.79 Å². The normalized spacial score (nSPS) is 15.9. The Bertz CT molecular complexity index is 629. The van der Waals surface area contributed by atoms with E-state index in [4.69, 9.17) is 0 Å². The quantitative estimate of drug-likeness (QED) is 0.776. The van der Waals surface area contributed by atoms with E-state index in [0.29, 0.717) is 12.8 Å². The fourth-order valence-electron chi connectivity index (χ4n) is 2.33. The molecule has 1 aliphatic rings. The van der Waals surface area contributed by atoms with E-state index < -0.39 is 15.8 Å². The molecule has 0 spiro atoms. The lowest BCUT2D eigenvalue weighted by atomic mass is 10.2. The van der Waals surface area contributed by atoms with Gasteiger partial charge in [-0.2, -0.15) is 11.8 Å². The van der Waals surface area contributed by atoms with Crippen LogP contribution >= 0.6 is 11.8 Å². The zero-order valence-electron chi connectivity index (χ0n) is 13.1. The Kier molecular flexibility index (Phi) is 6.43. The zero-order valence-corrected chi connectivity index (χ0v) is 14.7. The second-order valence-electron chi connectivity index (χ2n) is 5.38. The molecule has 0 bridgehead atoms. The van der Waals surface area contributed by atoms with Gasteiger partial charge in [-0.25, -0.2) is 17.1 Å². The molecule has 1 fully saturated rings. The maximum atomic E-state index is 12.9. The van der Waals surface area contributed by atoms with E-state index in [-0.39, 0.29) is 17.3 Å². The molecule has 0 atom stereocenters. The largest absolute Gasteiger partial charge is 0.341 e. The molecule has 1 aliphatic heterocycles. The summed E-state index contributed by atoms with van der Waals surface area (Å²) in [5.74, 6) is 1.53. The van der Waals surface area contributed by atoms with Gasteiger partial charge in [0.25, 0.3) is 0 Å². The molecule has 8 heteroatoms. The average Bonchev–Trinajstić information content (AvgIpc) is 2.55.